The summed E-state index contributed by atoms with van der Waals surface area (Å²) < 4.78 is 39.7. The van der Waals surface area contributed by atoms with Crippen LogP contribution in [0.3, 0.4) is 0 Å². The summed E-state index contributed by atoms with van der Waals surface area (Å²) in [5, 5.41) is 12.1. The lowest BCUT2D eigenvalue weighted by Crippen LogP contribution is -2.35. The van der Waals surface area contributed by atoms with E-state index in [1.165, 1.54) is 29.7 Å². The number of fused-ring (bicyclic) bond motifs is 1. The first-order valence-corrected chi connectivity index (χ1v) is 10.0. The van der Waals surface area contributed by atoms with E-state index in [4.69, 9.17) is 17.5 Å². The Balaban J connectivity index is 1.62. The van der Waals surface area contributed by atoms with Crippen molar-refractivity contribution >= 4 is 39.8 Å². The van der Waals surface area contributed by atoms with E-state index in [0.29, 0.717) is 9.57 Å². The highest BCUT2D eigenvalue weighted by atomic mass is 32.2. The molecule has 0 bridgehead atoms. The number of thioether (sulfide) groups is 1. The van der Waals surface area contributed by atoms with Crippen molar-refractivity contribution in [1.29, 1.82) is 5.26 Å². The van der Waals surface area contributed by atoms with Crippen molar-refractivity contribution in [1.82, 2.24) is 4.90 Å². The lowest BCUT2D eigenvalue weighted by molar-refractivity contribution is -0.137. The molecule has 0 spiro atoms. The molecule has 3 rings (SSSR count). The fourth-order valence-electron chi connectivity index (χ4n) is 3.28. The van der Waals surface area contributed by atoms with Gasteiger partial charge in [0, 0.05) is 37.0 Å². The van der Waals surface area contributed by atoms with Crippen molar-refractivity contribution in [2.45, 2.75) is 37.1 Å². The van der Waals surface area contributed by atoms with E-state index < -0.39 is 17.3 Å². The predicted octanol–water partition coefficient (Wildman–Crippen LogP) is 4.66. The minimum Gasteiger partial charge on any atom is -0.360 e. The quantitative estimate of drug-likeness (QED) is 0.716. The molecule has 1 atom stereocenters. The summed E-state index contributed by atoms with van der Waals surface area (Å²) >= 11 is 6.84. The van der Waals surface area contributed by atoms with Gasteiger partial charge in [0.15, 0.2) is 0 Å². The zero-order valence-corrected chi connectivity index (χ0v) is 16.2. The zero-order valence-electron chi connectivity index (χ0n) is 14.6. The number of nitrogens with zero attached hydrogens (tertiary/aromatic N) is 3. The van der Waals surface area contributed by atoms with Crippen LogP contribution >= 0.6 is 24.0 Å². The van der Waals surface area contributed by atoms with Crippen LogP contribution in [0.4, 0.5) is 18.9 Å². The monoisotopic (exact) mass is 412 g/mol. The van der Waals surface area contributed by atoms with Crippen molar-refractivity contribution in [3.05, 3.63) is 29.3 Å². The number of benzene rings is 1. The van der Waals surface area contributed by atoms with Crippen LogP contribution in [0.1, 0.15) is 36.8 Å². The first-order valence-electron chi connectivity index (χ1n) is 8.74. The van der Waals surface area contributed by atoms with E-state index in [0.717, 1.165) is 51.4 Å². The van der Waals surface area contributed by atoms with Gasteiger partial charge in [0.25, 0.3) is 0 Å². The number of alkyl halides is 3. The largest absolute Gasteiger partial charge is 0.417 e. The SMILES string of the molecule is N#Cc1ccc(NC(=S)SC2CCC3=NCCCN3CC2)cc1C(F)(F)F. The predicted molar refractivity (Wildman–Crippen MR) is 106 cm³/mol. The number of aliphatic imine (C=N–C) groups is 1. The number of nitriles is 1. The van der Waals surface area contributed by atoms with Gasteiger partial charge in [-0.1, -0.05) is 24.0 Å². The van der Waals surface area contributed by atoms with Gasteiger partial charge < -0.3 is 10.2 Å². The van der Waals surface area contributed by atoms with Crippen LogP contribution in [0.2, 0.25) is 0 Å². The molecule has 2 aliphatic rings. The van der Waals surface area contributed by atoms with Gasteiger partial charge in [0.05, 0.1) is 23.0 Å². The average molecular weight is 413 g/mol. The summed E-state index contributed by atoms with van der Waals surface area (Å²) in [7, 11) is 0. The van der Waals surface area contributed by atoms with Gasteiger partial charge in [0.1, 0.15) is 4.32 Å². The highest BCUT2D eigenvalue weighted by Crippen LogP contribution is 2.34. The van der Waals surface area contributed by atoms with Crippen LogP contribution in [0.25, 0.3) is 0 Å². The Labute approximate surface area is 165 Å². The Morgan fingerprint density at radius 2 is 2.15 bits per heavy atom. The van der Waals surface area contributed by atoms with Crippen LogP contribution in [0.15, 0.2) is 23.2 Å². The Morgan fingerprint density at radius 3 is 2.89 bits per heavy atom. The second-order valence-electron chi connectivity index (χ2n) is 6.49. The molecule has 2 heterocycles. The van der Waals surface area contributed by atoms with Crippen molar-refractivity contribution in [3.63, 3.8) is 0 Å². The van der Waals surface area contributed by atoms with Crippen LogP contribution in [0.5, 0.6) is 0 Å². The van der Waals surface area contributed by atoms with E-state index in [9.17, 15) is 13.2 Å². The number of rotatable bonds is 2. The molecule has 9 heteroatoms. The molecule has 0 aliphatic carbocycles. The Hall–Kier alpha value is -1.79. The third-order valence-corrected chi connectivity index (χ3v) is 6.13. The van der Waals surface area contributed by atoms with Crippen molar-refractivity contribution in [2.75, 3.05) is 25.0 Å². The van der Waals surface area contributed by atoms with E-state index in [1.54, 1.807) is 6.07 Å². The highest BCUT2D eigenvalue weighted by Gasteiger charge is 2.34. The van der Waals surface area contributed by atoms with E-state index in [1.807, 2.05) is 0 Å². The molecule has 0 radical (unpaired) electrons. The van der Waals surface area contributed by atoms with Crippen molar-refractivity contribution < 1.29 is 13.2 Å². The maximum absolute atomic E-state index is 13.1. The number of hydrogen-bond donors (Lipinski definition) is 1. The number of halogens is 3. The number of hydrogen-bond acceptors (Lipinski definition) is 5. The molecule has 0 aromatic heterocycles. The van der Waals surface area contributed by atoms with Crippen molar-refractivity contribution in [3.8, 4) is 6.07 Å². The highest BCUT2D eigenvalue weighted by molar-refractivity contribution is 8.23. The molecule has 1 unspecified atom stereocenters. The van der Waals surface area contributed by atoms with Gasteiger partial charge in [-0.15, -0.1) is 0 Å². The summed E-state index contributed by atoms with van der Waals surface area (Å²) in [4.78, 5) is 6.92. The van der Waals surface area contributed by atoms with Crippen LogP contribution < -0.4 is 5.32 Å². The second-order valence-corrected chi connectivity index (χ2v) is 8.47. The molecule has 144 valence electrons. The summed E-state index contributed by atoms with van der Waals surface area (Å²) in [6.07, 6.45) is -0.670. The Bertz CT molecular complexity index is 786. The Kier molecular flexibility index (Phi) is 6.27. The third kappa shape index (κ3) is 5.14. The standard InChI is InChI=1S/C18H19F3N4S2/c19-18(20,21)15-10-13(3-2-12(15)11-22)24-17(26)27-14-4-5-16-23-7-1-8-25(16)9-6-14/h2-3,10,14H,1,4-9H2,(H,24,26). The van der Waals surface area contributed by atoms with Gasteiger partial charge in [-0.3, -0.25) is 4.99 Å². The average Bonchev–Trinajstić information content (AvgIpc) is 2.83. The summed E-state index contributed by atoms with van der Waals surface area (Å²) in [6.45, 7) is 2.88. The molecule has 1 fully saturated rings. The smallest absolute Gasteiger partial charge is 0.360 e. The van der Waals surface area contributed by atoms with Gasteiger partial charge in [-0.05, 0) is 37.5 Å². The molecule has 4 nitrogen and oxygen atoms in total. The lowest BCUT2D eigenvalue weighted by Gasteiger charge is -2.27. The number of amidine groups is 1. The maximum atomic E-state index is 13.1. The molecule has 1 N–H and O–H groups in total. The van der Waals surface area contributed by atoms with Gasteiger partial charge >= 0.3 is 6.18 Å². The van der Waals surface area contributed by atoms with E-state index in [-0.39, 0.29) is 5.69 Å². The van der Waals surface area contributed by atoms with Crippen LogP contribution in [0, 0.1) is 11.3 Å². The number of nitrogens with one attached hydrogen (secondary N) is 1. The number of thiocarbonyl (C=S) groups is 1. The van der Waals surface area contributed by atoms with Crippen molar-refractivity contribution in [2.24, 2.45) is 4.99 Å². The van der Waals surface area contributed by atoms with E-state index in [2.05, 4.69) is 15.2 Å². The molecular weight excluding hydrogens is 393 g/mol. The van der Waals surface area contributed by atoms with Gasteiger partial charge in [-0.25, -0.2) is 0 Å². The summed E-state index contributed by atoms with van der Waals surface area (Å²) in [5.41, 5.74) is -1.10. The minimum atomic E-state index is -4.58. The second kappa shape index (κ2) is 8.48. The summed E-state index contributed by atoms with van der Waals surface area (Å²) in [5.74, 6) is 1.17. The third-order valence-electron chi connectivity index (χ3n) is 4.62. The topological polar surface area (TPSA) is 51.4 Å². The molecular formula is C18H19F3N4S2. The normalized spacial score (nSPS) is 20.1. The first-order chi connectivity index (χ1) is 12.9. The molecule has 1 aromatic rings. The fourth-order valence-corrected chi connectivity index (χ4v) is 4.75. The molecule has 27 heavy (non-hydrogen) atoms. The molecule has 0 amide bonds. The van der Waals surface area contributed by atoms with Gasteiger partial charge in [0.2, 0.25) is 0 Å². The van der Waals surface area contributed by atoms with E-state index >= 15 is 0 Å². The molecule has 0 saturated carbocycles. The lowest BCUT2D eigenvalue weighted by atomic mass is 10.1. The molecule has 2 aliphatic heterocycles. The van der Waals surface area contributed by atoms with Crippen LogP contribution in [-0.2, 0) is 6.18 Å². The molecule has 1 saturated heterocycles. The Morgan fingerprint density at radius 1 is 1.33 bits per heavy atom. The number of anilines is 1. The van der Waals surface area contributed by atoms with Gasteiger partial charge in [-0.2, -0.15) is 18.4 Å². The zero-order chi connectivity index (χ0) is 19.4. The first kappa shape index (κ1) is 20.0. The minimum absolute atomic E-state index is 0.245. The fraction of sp³-hybridized carbons (Fsp3) is 0.500. The van der Waals surface area contributed by atoms with Crippen LogP contribution in [-0.4, -0.2) is 39.9 Å². The summed E-state index contributed by atoms with van der Waals surface area (Å²) in [6, 6.07) is 5.13. The maximum Gasteiger partial charge on any atom is 0.417 e. The molecule has 1 aromatic carbocycles.